The summed E-state index contributed by atoms with van der Waals surface area (Å²) in [6.45, 7) is 3.90. The molecular weight excluding hydrogens is 419 g/mol. The lowest BCUT2D eigenvalue weighted by atomic mass is 10.1. The highest BCUT2D eigenvalue weighted by atomic mass is 19.4. The minimum atomic E-state index is -4.44. The number of amides is 1. The number of carbonyl (C=O) groups excluding carboxylic acids is 1. The Labute approximate surface area is 183 Å². The maximum absolute atomic E-state index is 12.7. The minimum absolute atomic E-state index is 0.141. The van der Waals surface area contributed by atoms with Gasteiger partial charge >= 0.3 is 6.18 Å². The Morgan fingerprint density at radius 3 is 2.19 bits per heavy atom. The average molecular weight is 441 g/mol. The summed E-state index contributed by atoms with van der Waals surface area (Å²) in [5.74, 6) is 0.906. The van der Waals surface area contributed by atoms with Gasteiger partial charge in [-0.05, 0) is 68.3 Å². The lowest BCUT2D eigenvalue weighted by Crippen LogP contribution is -2.19. The number of anilines is 4. The number of hydrogen-bond acceptors (Lipinski definition) is 5. The topological polar surface area (TPSA) is 70.2 Å². The van der Waals surface area contributed by atoms with Crippen LogP contribution in [0.5, 0.6) is 0 Å². The molecule has 1 aliphatic rings. The number of rotatable bonds is 5. The van der Waals surface area contributed by atoms with Gasteiger partial charge in [-0.3, -0.25) is 4.79 Å². The molecule has 6 nitrogen and oxygen atoms in total. The number of aryl methyl sites for hydroxylation is 1. The van der Waals surface area contributed by atoms with Crippen LogP contribution in [0.15, 0.2) is 54.6 Å². The molecular formula is C23H22F3N5O. The summed E-state index contributed by atoms with van der Waals surface area (Å²) in [6, 6.07) is 13.0. The fourth-order valence-electron chi connectivity index (χ4n) is 3.50. The summed E-state index contributed by atoms with van der Waals surface area (Å²) < 4.78 is 38.0. The Morgan fingerprint density at radius 2 is 1.56 bits per heavy atom. The number of nitrogens with one attached hydrogen (secondary N) is 2. The molecule has 4 rings (SSSR count). The predicted octanol–water partition coefficient (Wildman–Crippen LogP) is 5.40. The summed E-state index contributed by atoms with van der Waals surface area (Å²) in [5, 5.41) is 5.85. The highest BCUT2D eigenvalue weighted by Gasteiger charge is 2.30. The third kappa shape index (κ3) is 5.16. The molecule has 0 unspecified atom stereocenters. The number of carbonyl (C=O) groups is 1. The molecule has 1 aromatic heterocycles. The van der Waals surface area contributed by atoms with E-state index in [-0.39, 0.29) is 5.56 Å². The van der Waals surface area contributed by atoms with Crippen LogP contribution in [0.25, 0.3) is 0 Å². The van der Waals surface area contributed by atoms with Gasteiger partial charge in [-0.2, -0.15) is 18.2 Å². The van der Waals surface area contributed by atoms with Crippen LogP contribution >= 0.6 is 0 Å². The summed E-state index contributed by atoms with van der Waals surface area (Å²) in [7, 11) is 0. The second kappa shape index (κ2) is 8.86. The fourth-order valence-corrected chi connectivity index (χ4v) is 3.50. The number of aromatic nitrogens is 2. The third-order valence-corrected chi connectivity index (χ3v) is 5.14. The highest BCUT2D eigenvalue weighted by Crippen LogP contribution is 2.29. The lowest BCUT2D eigenvalue weighted by Gasteiger charge is -2.17. The second-order valence-corrected chi connectivity index (χ2v) is 7.62. The number of alkyl halides is 3. The Hall–Kier alpha value is -3.62. The van der Waals surface area contributed by atoms with E-state index >= 15 is 0 Å². The number of hydrogen-bond donors (Lipinski definition) is 2. The fraction of sp³-hybridized carbons (Fsp3) is 0.261. The smallest absolute Gasteiger partial charge is 0.356 e. The third-order valence-electron chi connectivity index (χ3n) is 5.14. The van der Waals surface area contributed by atoms with Crippen LogP contribution in [0.3, 0.4) is 0 Å². The Balaban J connectivity index is 1.41. The first-order valence-corrected chi connectivity index (χ1v) is 10.2. The molecule has 32 heavy (non-hydrogen) atoms. The van der Waals surface area contributed by atoms with Crippen LogP contribution in [0.1, 0.15) is 34.5 Å². The van der Waals surface area contributed by atoms with E-state index in [1.165, 1.54) is 0 Å². The second-order valence-electron chi connectivity index (χ2n) is 7.62. The molecule has 2 aromatic carbocycles. The van der Waals surface area contributed by atoms with E-state index < -0.39 is 17.6 Å². The van der Waals surface area contributed by atoms with Crippen molar-refractivity contribution in [2.24, 2.45) is 0 Å². The molecule has 1 aliphatic heterocycles. The molecule has 0 spiro atoms. The Morgan fingerprint density at radius 1 is 0.938 bits per heavy atom. The SMILES string of the molecule is Cc1cc(N2CCCC2)nc(Nc2ccc(NC(=O)c3ccc(C(F)(F)F)cc3)cc2)n1. The minimum Gasteiger partial charge on any atom is -0.356 e. The van der Waals surface area contributed by atoms with E-state index in [4.69, 9.17) is 0 Å². The van der Waals surface area contributed by atoms with Crippen LogP contribution < -0.4 is 15.5 Å². The number of nitrogens with zero attached hydrogens (tertiary/aromatic N) is 3. The molecule has 0 atom stereocenters. The largest absolute Gasteiger partial charge is 0.416 e. The summed E-state index contributed by atoms with van der Waals surface area (Å²) >= 11 is 0. The molecule has 0 bridgehead atoms. The van der Waals surface area contributed by atoms with Gasteiger partial charge in [0.1, 0.15) is 5.82 Å². The van der Waals surface area contributed by atoms with Gasteiger partial charge < -0.3 is 15.5 Å². The standard InChI is InChI=1S/C23H22F3N5O/c1-15-14-20(31-12-2-3-13-31)30-22(27-15)29-19-10-8-18(9-11-19)28-21(32)16-4-6-17(7-5-16)23(24,25)26/h4-11,14H,2-3,12-13H2,1H3,(H,28,32)(H,27,29,30). The zero-order chi connectivity index (χ0) is 22.7. The van der Waals surface area contributed by atoms with Crippen molar-refractivity contribution in [1.29, 1.82) is 0 Å². The molecule has 1 saturated heterocycles. The van der Waals surface area contributed by atoms with Crippen molar-refractivity contribution in [2.45, 2.75) is 25.9 Å². The monoisotopic (exact) mass is 441 g/mol. The van der Waals surface area contributed by atoms with Crippen molar-refractivity contribution in [1.82, 2.24) is 9.97 Å². The van der Waals surface area contributed by atoms with Gasteiger partial charge in [-0.25, -0.2) is 4.98 Å². The number of benzene rings is 2. The highest BCUT2D eigenvalue weighted by molar-refractivity contribution is 6.04. The zero-order valence-electron chi connectivity index (χ0n) is 17.4. The van der Waals surface area contributed by atoms with Crippen LogP contribution in [0.2, 0.25) is 0 Å². The first-order chi connectivity index (χ1) is 15.3. The van der Waals surface area contributed by atoms with Gasteiger partial charge in [-0.15, -0.1) is 0 Å². The first-order valence-electron chi connectivity index (χ1n) is 10.2. The zero-order valence-corrected chi connectivity index (χ0v) is 17.4. The lowest BCUT2D eigenvalue weighted by molar-refractivity contribution is -0.137. The maximum atomic E-state index is 12.7. The van der Waals surface area contributed by atoms with Crippen molar-refractivity contribution in [3.05, 3.63) is 71.4 Å². The van der Waals surface area contributed by atoms with Crippen LogP contribution in [-0.4, -0.2) is 29.0 Å². The predicted molar refractivity (Wildman–Crippen MR) is 117 cm³/mol. The van der Waals surface area contributed by atoms with Gasteiger partial charge in [0.15, 0.2) is 0 Å². The van der Waals surface area contributed by atoms with Crippen molar-refractivity contribution < 1.29 is 18.0 Å². The van der Waals surface area contributed by atoms with Gasteiger partial charge in [0.25, 0.3) is 5.91 Å². The van der Waals surface area contributed by atoms with Crippen LogP contribution in [0.4, 0.5) is 36.3 Å². The van der Waals surface area contributed by atoms with Crippen molar-refractivity contribution in [3.63, 3.8) is 0 Å². The first kappa shape index (κ1) is 21.6. The maximum Gasteiger partial charge on any atom is 0.416 e. The van der Waals surface area contributed by atoms with Gasteiger partial charge in [0.2, 0.25) is 5.95 Å². The van der Waals surface area contributed by atoms with Crippen molar-refractivity contribution in [2.75, 3.05) is 28.6 Å². The van der Waals surface area contributed by atoms with E-state index in [1.807, 2.05) is 13.0 Å². The molecule has 0 radical (unpaired) electrons. The van der Waals surface area contributed by atoms with Crippen LogP contribution in [-0.2, 0) is 6.18 Å². The molecule has 0 aliphatic carbocycles. The molecule has 1 amide bonds. The summed E-state index contributed by atoms with van der Waals surface area (Å²) in [6.07, 6.45) is -2.12. The molecule has 2 heterocycles. The molecule has 0 saturated carbocycles. The van der Waals surface area contributed by atoms with Gasteiger partial charge in [-0.1, -0.05) is 0 Å². The normalized spacial score (nSPS) is 13.8. The van der Waals surface area contributed by atoms with E-state index in [0.717, 1.165) is 67.4 Å². The number of halogens is 3. The van der Waals surface area contributed by atoms with Gasteiger partial charge in [0.05, 0.1) is 5.56 Å². The van der Waals surface area contributed by atoms with E-state index in [9.17, 15) is 18.0 Å². The summed E-state index contributed by atoms with van der Waals surface area (Å²) in [4.78, 5) is 23.6. The molecule has 3 aromatic rings. The van der Waals surface area contributed by atoms with Crippen molar-refractivity contribution in [3.8, 4) is 0 Å². The summed E-state index contributed by atoms with van der Waals surface area (Å²) in [5.41, 5.74) is 1.47. The molecule has 9 heteroatoms. The molecule has 2 N–H and O–H groups in total. The van der Waals surface area contributed by atoms with E-state index in [1.54, 1.807) is 24.3 Å². The van der Waals surface area contributed by atoms with E-state index in [2.05, 4.69) is 25.5 Å². The van der Waals surface area contributed by atoms with Crippen LogP contribution in [0, 0.1) is 6.92 Å². The van der Waals surface area contributed by atoms with E-state index in [0.29, 0.717) is 11.6 Å². The molecule has 166 valence electrons. The Kier molecular flexibility index (Phi) is 5.98. The average Bonchev–Trinajstić information content (AvgIpc) is 3.29. The Bertz CT molecular complexity index is 1090. The van der Waals surface area contributed by atoms with Crippen molar-refractivity contribution >= 4 is 29.0 Å². The van der Waals surface area contributed by atoms with Gasteiger partial charge in [0, 0.05) is 41.8 Å². The quantitative estimate of drug-likeness (QED) is 0.555. The molecule has 1 fully saturated rings.